The molecule has 172 valence electrons. The molecule has 3 aromatic rings. The molecule has 0 N–H and O–H groups in total. The van der Waals surface area contributed by atoms with E-state index in [-0.39, 0.29) is 11.8 Å². The first-order chi connectivity index (χ1) is 16.7. The van der Waals surface area contributed by atoms with Gasteiger partial charge in [0.25, 0.3) is 5.91 Å². The molecule has 1 heterocycles. The predicted octanol–water partition coefficient (Wildman–Crippen LogP) is 5.02. The first-order valence-corrected chi connectivity index (χ1v) is 12.3. The summed E-state index contributed by atoms with van der Waals surface area (Å²) < 4.78 is 0. The van der Waals surface area contributed by atoms with Gasteiger partial charge in [0, 0.05) is 42.4 Å². The lowest BCUT2D eigenvalue weighted by molar-refractivity contribution is -0.132. The molecule has 1 fully saturated rings. The van der Waals surface area contributed by atoms with Crippen LogP contribution in [0, 0.1) is 11.3 Å². The number of aryl methyl sites for hydroxylation is 1. The molecular weight excluding hydrogens is 442 g/mol. The highest BCUT2D eigenvalue weighted by Gasteiger charge is 2.26. The van der Waals surface area contributed by atoms with Crippen molar-refractivity contribution in [2.45, 2.75) is 29.1 Å². The third kappa shape index (κ3) is 5.86. The van der Waals surface area contributed by atoms with Crippen molar-refractivity contribution in [3.05, 3.63) is 95.6 Å². The van der Waals surface area contributed by atoms with Crippen LogP contribution in [0.4, 0.5) is 0 Å². The van der Waals surface area contributed by atoms with Crippen LogP contribution in [0.15, 0.2) is 88.7 Å². The normalized spacial score (nSPS) is 13.4. The molecule has 0 aliphatic carbocycles. The number of hydrogen-bond donors (Lipinski definition) is 0. The van der Waals surface area contributed by atoms with E-state index in [2.05, 4.69) is 18.2 Å². The maximum Gasteiger partial charge on any atom is 0.255 e. The summed E-state index contributed by atoms with van der Waals surface area (Å²) in [6.07, 6.45) is 2.26. The monoisotopic (exact) mass is 469 g/mol. The van der Waals surface area contributed by atoms with E-state index in [0.29, 0.717) is 43.7 Å². The third-order valence-corrected chi connectivity index (χ3v) is 7.12. The summed E-state index contributed by atoms with van der Waals surface area (Å²) in [5.74, 6) is 0.126. The van der Waals surface area contributed by atoms with Crippen LogP contribution < -0.4 is 0 Å². The van der Waals surface area contributed by atoms with Crippen LogP contribution in [0.1, 0.15) is 34.3 Å². The molecule has 5 nitrogen and oxygen atoms in total. The van der Waals surface area contributed by atoms with Crippen molar-refractivity contribution >= 4 is 23.6 Å². The van der Waals surface area contributed by atoms with Crippen molar-refractivity contribution in [2.75, 3.05) is 26.2 Å². The van der Waals surface area contributed by atoms with Crippen molar-refractivity contribution < 1.29 is 9.59 Å². The lowest BCUT2D eigenvalue weighted by Gasteiger charge is -2.35. The Kier molecular flexibility index (Phi) is 8.00. The van der Waals surface area contributed by atoms with E-state index in [1.165, 1.54) is 17.3 Å². The van der Waals surface area contributed by atoms with Crippen LogP contribution in [0.2, 0.25) is 0 Å². The van der Waals surface area contributed by atoms with E-state index >= 15 is 0 Å². The summed E-state index contributed by atoms with van der Waals surface area (Å²) in [4.78, 5) is 31.3. The van der Waals surface area contributed by atoms with Gasteiger partial charge in [0.2, 0.25) is 5.91 Å². The van der Waals surface area contributed by atoms with Crippen molar-refractivity contribution in [3.8, 4) is 6.07 Å². The second kappa shape index (κ2) is 11.5. The molecule has 0 spiro atoms. The Morgan fingerprint density at radius 2 is 1.41 bits per heavy atom. The smallest absolute Gasteiger partial charge is 0.255 e. The zero-order valence-electron chi connectivity index (χ0n) is 19.0. The quantitative estimate of drug-likeness (QED) is 0.488. The van der Waals surface area contributed by atoms with E-state index in [9.17, 15) is 14.9 Å². The lowest BCUT2D eigenvalue weighted by Crippen LogP contribution is -2.50. The topological polar surface area (TPSA) is 64.4 Å². The van der Waals surface area contributed by atoms with Gasteiger partial charge >= 0.3 is 0 Å². The molecule has 0 saturated carbocycles. The van der Waals surface area contributed by atoms with E-state index in [4.69, 9.17) is 0 Å². The first-order valence-electron chi connectivity index (χ1n) is 11.5. The fourth-order valence-electron chi connectivity index (χ4n) is 4.07. The molecule has 1 aliphatic heterocycles. The highest BCUT2D eigenvalue weighted by molar-refractivity contribution is 7.99. The van der Waals surface area contributed by atoms with Crippen LogP contribution >= 0.6 is 11.8 Å². The molecule has 1 saturated heterocycles. The second-order valence-corrected chi connectivity index (χ2v) is 9.30. The first kappa shape index (κ1) is 23.6. The summed E-state index contributed by atoms with van der Waals surface area (Å²) >= 11 is 1.44. The molecule has 34 heavy (non-hydrogen) atoms. The van der Waals surface area contributed by atoms with Crippen LogP contribution in [-0.4, -0.2) is 47.8 Å². The Morgan fingerprint density at radius 3 is 2.15 bits per heavy atom. The van der Waals surface area contributed by atoms with Gasteiger partial charge in [-0.3, -0.25) is 9.59 Å². The highest BCUT2D eigenvalue weighted by Crippen LogP contribution is 2.33. The number of piperazine rings is 1. The summed E-state index contributed by atoms with van der Waals surface area (Å²) in [5.41, 5.74) is 2.47. The number of amides is 2. The zero-order valence-corrected chi connectivity index (χ0v) is 19.8. The molecule has 4 rings (SSSR count). The average molecular weight is 470 g/mol. The van der Waals surface area contributed by atoms with E-state index < -0.39 is 0 Å². The number of carbonyl (C=O) groups excluding carboxylic acids is 2. The van der Waals surface area contributed by atoms with Crippen molar-refractivity contribution in [3.63, 3.8) is 0 Å². The van der Waals surface area contributed by atoms with Crippen LogP contribution in [0.5, 0.6) is 0 Å². The fourth-order valence-corrected chi connectivity index (χ4v) is 5.09. The van der Waals surface area contributed by atoms with Gasteiger partial charge in [-0.2, -0.15) is 5.26 Å². The van der Waals surface area contributed by atoms with Crippen LogP contribution in [-0.2, 0) is 11.2 Å². The number of hydrogen-bond acceptors (Lipinski definition) is 4. The van der Waals surface area contributed by atoms with Gasteiger partial charge in [-0.1, -0.05) is 66.4 Å². The number of nitriles is 1. The van der Waals surface area contributed by atoms with Gasteiger partial charge in [-0.15, -0.1) is 0 Å². The standard InChI is InChI=1S/C28H27N3O2S/c29-21-23-12-4-6-14-25(23)34-26-15-7-5-13-24(26)28(33)31-19-17-30(18-20-31)27(32)16-8-11-22-9-2-1-3-10-22/h1-7,9-10,12-15H,8,11,16-20H2. The van der Waals surface area contributed by atoms with Crippen molar-refractivity contribution in [1.82, 2.24) is 9.80 Å². The molecule has 0 aromatic heterocycles. The zero-order chi connectivity index (χ0) is 23.8. The maximum absolute atomic E-state index is 13.3. The molecular formula is C28H27N3O2S. The largest absolute Gasteiger partial charge is 0.339 e. The van der Waals surface area contributed by atoms with E-state index in [1.807, 2.05) is 70.5 Å². The Labute approximate surface area is 205 Å². The molecule has 6 heteroatoms. The minimum absolute atomic E-state index is 0.0336. The summed E-state index contributed by atoms with van der Waals surface area (Å²) in [7, 11) is 0. The van der Waals surface area contributed by atoms with Crippen LogP contribution in [0.25, 0.3) is 0 Å². The molecule has 0 unspecified atom stereocenters. The number of rotatable bonds is 7. The van der Waals surface area contributed by atoms with Gasteiger partial charge in [0.15, 0.2) is 0 Å². The van der Waals surface area contributed by atoms with E-state index in [1.54, 1.807) is 6.07 Å². The molecule has 3 aromatic carbocycles. The number of benzene rings is 3. The molecule has 0 radical (unpaired) electrons. The van der Waals surface area contributed by atoms with Gasteiger partial charge in [0.05, 0.1) is 11.1 Å². The minimum Gasteiger partial charge on any atom is -0.339 e. The minimum atomic E-state index is -0.0336. The van der Waals surface area contributed by atoms with Crippen molar-refractivity contribution in [1.29, 1.82) is 5.26 Å². The Hall–Kier alpha value is -3.56. The average Bonchev–Trinajstić information content (AvgIpc) is 2.89. The maximum atomic E-state index is 13.3. The molecule has 2 amide bonds. The highest BCUT2D eigenvalue weighted by atomic mass is 32.2. The van der Waals surface area contributed by atoms with E-state index in [0.717, 1.165) is 22.6 Å². The number of nitrogens with zero attached hydrogens (tertiary/aromatic N) is 3. The lowest BCUT2D eigenvalue weighted by atomic mass is 10.1. The SMILES string of the molecule is N#Cc1ccccc1Sc1ccccc1C(=O)N1CCN(C(=O)CCCc2ccccc2)CC1. The van der Waals surface area contributed by atoms with Crippen molar-refractivity contribution in [2.24, 2.45) is 0 Å². The second-order valence-electron chi connectivity index (χ2n) is 8.22. The van der Waals surface area contributed by atoms with Gasteiger partial charge in [0.1, 0.15) is 6.07 Å². The Bertz CT molecular complexity index is 1180. The number of carbonyl (C=O) groups is 2. The van der Waals surface area contributed by atoms with Crippen LogP contribution in [0.3, 0.4) is 0 Å². The predicted molar refractivity (Wildman–Crippen MR) is 134 cm³/mol. The molecule has 0 atom stereocenters. The summed E-state index contributed by atoms with van der Waals surface area (Å²) in [6, 6.07) is 27.3. The Morgan fingerprint density at radius 1 is 0.794 bits per heavy atom. The fraction of sp³-hybridized carbons (Fsp3) is 0.250. The molecule has 0 bridgehead atoms. The third-order valence-electron chi connectivity index (χ3n) is 5.96. The Balaban J connectivity index is 1.33. The van der Waals surface area contributed by atoms with Gasteiger partial charge < -0.3 is 9.80 Å². The summed E-state index contributed by atoms with van der Waals surface area (Å²) in [6.45, 7) is 2.17. The summed E-state index contributed by atoms with van der Waals surface area (Å²) in [5, 5.41) is 9.39. The van der Waals surface area contributed by atoms with Gasteiger partial charge in [-0.25, -0.2) is 0 Å². The molecule has 1 aliphatic rings. The van der Waals surface area contributed by atoms with Gasteiger partial charge in [-0.05, 0) is 42.7 Å².